The van der Waals surface area contributed by atoms with E-state index < -0.39 is 15.4 Å². The molecule has 0 radical (unpaired) electrons. The van der Waals surface area contributed by atoms with Crippen molar-refractivity contribution in [2.45, 2.75) is 32.2 Å². The summed E-state index contributed by atoms with van der Waals surface area (Å²) in [4.78, 5) is 13.9. The Balaban J connectivity index is 2.46. The Kier molecular flexibility index (Phi) is 5.76. The fraction of sp³-hybridized carbons (Fsp3) is 0.917. The van der Waals surface area contributed by atoms with E-state index in [1.807, 2.05) is 11.8 Å². The van der Waals surface area contributed by atoms with Gasteiger partial charge in [0.2, 0.25) is 5.91 Å². The van der Waals surface area contributed by atoms with Gasteiger partial charge in [-0.15, -0.1) is 0 Å². The van der Waals surface area contributed by atoms with E-state index in [0.717, 1.165) is 6.54 Å². The normalized spacial score (nSPS) is 25.7. The second kappa shape index (κ2) is 6.67. The van der Waals surface area contributed by atoms with Crippen LogP contribution in [0.2, 0.25) is 0 Å². The van der Waals surface area contributed by atoms with E-state index in [-0.39, 0.29) is 30.6 Å². The lowest BCUT2D eigenvalue weighted by Gasteiger charge is -2.26. The number of aliphatic hydroxyl groups excluding tert-OH is 1. The van der Waals surface area contributed by atoms with Crippen molar-refractivity contribution in [2.24, 2.45) is 0 Å². The first-order valence-electron chi connectivity index (χ1n) is 6.65. The van der Waals surface area contributed by atoms with Gasteiger partial charge in [0.25, 0.3) is 0 Å². The topological polar surface area (TPSA) is 86.7 Å². The molecular formula is C12H24N2O4S. The van der Waals surface area contributed by atoms with Crippen molar-refractivity contribution < 1.29 is 18.3 Å². The molecule has 0 aromatic carbocycles. The fourth-order valence-corrected chi connectivity index (χ4v) is 4.42. The molecule has 0 aliphatic carbocycles. The minimum atomic E-state index is -3.01. The molecule has 1 rings (SSSR count). The first kappa shape index (κ1) is 16.4. The van der Waals surface area contributed by atoms with E-state index in [2.05, 4.69) is 5.32 Å². The maximum Gasteiger partial charge on any atom is 0.234 e. The number of nitrogens with zero attached hydrogens (tertiary/aromatic N) is 1. The Morgan fingerprint density at radius 1 is 1.47 bits per heavy atom. The molecule has 7 heteroatoms. The average Bonchev–Trinajstić information content (AvgIpc) is 2.58. The van der Waals surface area contributed by atoms with Crippen molar-refractivity contribution in [3.8, 4) is 0 Å². The van der Waals surface area contributed by atoms with Crippen molar-refractivity contribution in [1.29, 1.82) is 0 Å². The quantitative estimate of drug-likeness (QED) is 0.653. The van der Waals surface area contributed by atoms with Crippen molar-refractivity contribution in [1.82, 2.24) is 10.2 Å². The van der Waals surface area contributed by atoms with Crippen LogP contribution in [0.5, 0.6) is 0 Å². The Labute approximate surface area is 115 Å². The summed E-state index contributed by atoms with van der Waals surface area (Å²) in [6.07, 6.45) is 1.11. The van der Waals surface area contributed by atoms with E-state index in [4.69, 9.17) is 5.11 Å². The zero-order valence-corrected chi connectivity index (χ0v) is 12.5. The molecule has 0 aromatic rings. The van der Waals surface area contributed by atoms with Gasteiger partial charge in [0, 0.05) is 13.2 Å². The zero-order valence-electron chi connectivity index (χ0n) is 11.7. The van der Waals surface area contributed by atoms with Gasteiger partial charge in [-0.1, -0.05) is 6.92 Å². The average molecular weight is 292 g/mol. The standard InChI is InChI=1S/C12H24N2O4S/c1-3-14(6-4-7-15)9-11(16)13-12(2)5-8-19(17,18)10-12/h15H,3-10H2,1-2H3,(H,13,16). The van der Waals surface area contributed by atoms with Gasteiger partial charge in [-0.05, 0) is 26.3 Å². The third-order valence-corrected chi connectivity index (χ3v) is 5.29. The van der Waals surface area contributed by atoms with E-state index in [0.29, 0.717) is 19.4 Å². The maximum atomic E-state index is 11.9. The molecule has 6 nitrogen and oxygen atoms in total. The Bertz CT molecular complexity index is 410. The molecule has 0 saturated carbocycles. The molecule has 1 saturated heterocycles. The third-order valence-electron chi connectivity index (χ3n) is 3.39. The highest BCUT2D eigenvalue weighted by molar-refractivity contribution is 7.91. The third kappa shape index (κ3) is 5.46. The SMILES string of the molecule is CCN(CCCO)CC(=O)NC1(C)CCS(=O)(=O)C1. The molecule has 0 bridgehead atoms. The van der Waals surface area contributed by atoms with Gasteiger partial charge < -0.3 is 10.4 Å². The molecular weight excluding hydrogens is 268 g/mol. The molecule has 1 fully saturated rings. The van der Waals surface area contributed by atoms with Crippen molar-refractivity contribution in [3.05, 3.63) is 0 Å². The number of hydrogen-bond acceptors (Lipinski definition) is 5. The van der Waals surface area contributed by atoms with Crippen LogP contribution in [-0.4, -0.2) is 67.6 Å². The van der Waals surface area contributed by atoms with Crippen LogP contribution in [0.15, 0.2) is 0 Å². The van der Waals surface area contributed by atoms with Gasteiger partial charge in [-0.2, -0.15) is 0 Å². The summed E-state index contributed by atoms with van der Waals surface area (Å²) in [5.41, 5.74) is -0.633. The highest BCUT2D eigenvalue weighted by atomic mass is 32.2. The number of amides is 1. The predicted molar refractivity (Wildman–Crippen MR) is 73.6 cm³/mol. The molecule has 1 amide bonds. The first-order chi connectivity index (χ1) is 8.80. The van der Waals surface area contributed by atoms with Gasteiger partial charge in [0.1, 0.15) is 0 Å². The molecule has 1 aliphatic rings. The van der Waals surface area contributed by atoms with Crippen LogP contribution < -0.4 is 5.32 Å². The summed E-state index contributed by atoms with van der Waals surface area (Å²) in [6, 6.07) is 0. The highest BCUT2D eigenvalue weighted by Crippen LogP contribution is 2.22. The molecule has 19 heavy (non-hydrogen) atoms. The van der Waals surface area contributed by atoms with Gasteiger partial charge >= 0.3 is 0 Å². The van der Waals surface area contributed by atoms with Crippen LogP contribution in [0.4, 0.5) is 0 Å². The molecule has 2 N–H and O–H groups in total. The molecule has 0 aromatic heterocycles. The first-order valence-corrected chi connectivity index (χ1v) is 8.47. The van der Waals surface area contributed by atoms with Crippen LogP contribution in [0.3, 0.4) is 0 Å². The highest BCUT2D eigenvalue weighted by Gasteiger charge is 2.39. The predicted octanol–water partition coefficient (Wildman–Crippen LogP) is -0.616. The number of rotatable bonds is 7. The Morgan fingerprint density at radius 3 is 2.63 bits per heavy atom. The lowest BCUT2D eigenvalue weighted by molar-refractivity contribution is -0.123. The van der Waals surface area contributed by atoms with Crippen molar-refractivity contribution in [2.75, 3.05) is 37.7 Å². The van der Waals surface area contributed by atoms with Crippen LogP contribution in [0.25, 0.3) is 0 Å². The Morgan fingerprint density at radius 2 is 2.16 bits per heavy atom. The summed E-state index contributed by atoms with van der Waals surface area (Å²) < 4.78 is 22.9. The summed E-state index contributed by atoms with van der Waals surface area (Å²) in [6.45, 7) is 5.46. The minimum absolute atomic E-state index is 0.0223. The fourth-order valence-electron chi connectivity index (χ4n) is 2.33. The van der Waals surface area contributed by atoms with Crippen LogP contribution >= 0.6 is 0 Å². The summed E-state index contributed by atoms with van der Waals surface area (Å²) in [5, 5.41) is 11.6. The summed E-state index contributed by atoms with van der Waals surface area (Å²) >= 11 is 0. The number of likely N-dealkylation sites (N-methyl/N-ethyl adjacent to an activating group) is 1. The largest absolute Gasteiger partial charge is 0.396 e. The lowest BCUT2D eigenvalue weighted by atomic mass is 10.0. The van der Waals surface area contributed by atoms with Gasteiger partial charge in [-0.25, -0.2) is 8.42 Å². The zero-order chi connectivity index (χ0) is 14.5. The molecule has 1 atom stereocenters. The second-order valence-corrected chi connectivity index (χ2v) is 7.58. The van der Waals surface area contributed by atoms with E-state index in [1.54, 1.807) is 6.92 Å². The lowest BCUT2D eigenvalue weighted by Crippen LogP contribution is -2.50. The molecule has 1 unspecified atom stereocenters. The monoisotopic (exact) mass is 292 g/mol. The van der Waals surface area contributed by atoms with Gasteiger partial charge in [0.05, 0.1) is 23.6 Å². The van der Waals surface area contributed by atoms with Crippen molar-refractivity contribution >= 4 is 15.7 Å². The van der Waals surface area contributed by atoms with Gasteiger partial charge in [-0.3, -0.25) is 9.69 Å². The number of aliphatic hydroxyl groups is 1. The van der Waals surface area contributed by atoms with Crippen LogP contribution in [0, 0.1) is 0 Å². The van der Waals surface area contributed by atoms with E-state index in [1.165, 1.54) is 0 Å². The smallest absolute Gasteiger partial charge is 0.234 e. The molecule has 112 valence electrons. The minimum Gasteiger partial charge on any atom is -0.396 e. The number of nitrogens with one attached hydrogen (secondary N) is 1. The molecule has 1 heterocycles. The molecule has 0 spiro atoms. The number of carbonyl (C=O) groups is 1. The summed E-state index contributed by atoms with van der Waals surface area (Å²) in [7, 11) is -3.01. The van der Waals surface area contributed by atoms with Crippen LogP contribution in [0.1, 0.15) is 26.7 Å². The summed E-state index contributed by atoms with van der Waals surface area (Å²) in [5.74, 6) is 0.0136. The van der Waals surface area contributed by atoms with Crippen molar-refractivity contribution in [3.63, 3.8) is 0 Å². The number of carbonyl (C=O) groups excluding carboxylic acids is 1. The number of sulfone groups is 1. The van der Waals surface area contributed by atoms with E-state index in [9.17, 15) is 13.2 Å². The number of hydrogen-bond donors (Lipinski definition) is 2. The maximum absolute atomic E-state index is 11.9. The van der Waals surface area contributed by atoms with Crippen LogP contribution in [-0.2, 0) is 14.6 Å². The Hall–Kier alpha value is -0.660. The van der Waals surface area contributed by atoms with Gasteiger partial charge in [0.15, 0.2) is 9.84 Å². The second-order valence-electron chi connectivity index (χ2n) is 5.40. The molecule has 1 aliphatic heterocycles. The van der Waals surface area contributed by atoms with E-state index >= 15 is 0 Å².